The summed E-state index contributed by atoms with van der Waals surface area (Å²) in [5.74, 6) is 0.349. The smallest absolute Gasteiger partial charge is 0.407 e. The number of anilines is 1. The molecule has 4 rings (SSSR count). The number of carbonyl (C=O) groups excluding carboxylic acids is 2. The van der Waals surface area contributed by atoms with Gasteiger partial charge in [0.2, 0.25) is 0 Å². The number of hydrogen-bond donors (Lipinski definition) is 3. The monoisotopic (exact) mass is 493 g/mol. The molecule has 0 aliphatic carbocycles. The Morgan fingerprint density at radius 2 is 1.97 bits per heavy atom. The van der Waals surface area contributed by atoms with Crippen molar-refractivity contribution in [2.45, 2.75) is 32.2 Å². The number of carboxylic acid groups (broad SMARTS) is 1. The van der Waals surface area contributed by atoms with Gasteiger partial charge in [0, 0.05) is 29.9 Å². The van der Waals surface area contributed by atoms with E-state index in [9.17, 15) is 19.5 Å². The number of pyridine rings is 1. The Hall–Kier alpha value is -4.41. The van der Waals surface area contributed by atoms with Crippen LogP contribution in [-0.4, -0.2) is 63.2 Å². The lowest BCUT2D eigenvalue weighted by atomic mass is 10.0. The second-order valence-electron chi connectivity index (χ2n) is 8.17. The molecule has 1 saturated heterocycles. The number of rotatable bonds is 7. The van der Waals surface area contributed by atoms with Crippen LogP contribution < -0.4 is 10.1 Å². The summed E-state index contributed by atoms with van der Waals surface area (Å²) in [6.45, 7) is 2.28. The lowest BCUT2D eigenvalue weighted by Crippen LogP contribution is -2.38. The van der Waals surface area contributed by atoms with Crippen molar-refractivity contribution in [1.82, 2.24) is 19.9 Å². The third-order valence-corrected chi connectivity index (χ3v) is 5.90. The number of benzene rings is 1. The highest BCUT2D eigenvalue weighted by molar-refractivity contribution is 6.04. The molecule has 1 aliphatic heterocycles. The Morgan fingerprint density at radius 3 is 2.67 bits per heavy atom. The topological polar surface area (TPSA) is 147 Å². The number of likely N-dealkylation sites (tertiary alicyclic amines) is 1. The number of aromatic nitrogens is 3. The summed E-state index contributed by atoms with van der Waals surface area (Å²) in [7, 11) is 1.53. The van der Waals surface area contributed by atoms with Gasteiger partial charge in [-0.25, -0.2) is 19.6 Å². The number of aromatic amines is 1. The average molecular weight is 494 g/mol. The SMILES string of the molecule is CCOC(=O)c1[nH]c([C@@H]2CCCCN2C(=O)O)nc1-c1ccc(C(=O)Nc2cc(OC)ccn2)cc1. The van der Waals surface area contributed by atoms with Gasteiger partial charge in [-0.1, -0.05) is 12.1 Å². The van der Waals surface area contributed by atoms with E-state index in [-0.39, 0.29) is 18.2 Å². The summed E-state index contributed by atoms with van der Waals surface area (Å²) in [6.07, 6.45) is 2.72. The second-order valence-corrected chi connectivity index (χ2v) is 8.17. The molecule has 36 heavy (non-hydrogen) atoms. The van der Waals surface area contributed by atoms with Crippen molar-refractivity contribution < 1.29 is 29.0 Å². The van der Waals surface area contributed by atoms with Crippen molar-refractivity contribution in [1.29, 1.82) is 0 Å². The third-order valence-electron chi connectivity index (χ3n) is 5.90. The summed E-state index contributed by atoms with van der Waals surface area (Å²) in [5, 5.41) is 12.3. The molecule has 0 spiro atoms. The molecule has 1 aliphatic rings. The number of hydrogen-bond acceptors (Lipinski definition) is 7. The summed E-state index contributed by atoms with van der Waals surface area (Å²) >= 11 is 0. The molecule has 3 aromatic rings. The van der Waals surface area contributed by atoms with Crippen LogP contribution in [-0.2, 0) is 4.74 Å². The number of imidazole rings is 1. The van der Waals surface area contributed by atoms with E-state index in [1.807, 2.05) is 0 Å². The Kier molecular flexibility index (Phi) is 7.47. The van der Waals surface area contributed by atoms with E-state index in [1.165, 1.54) is 18.2 Å². The second kappa shape index (κ2) is 10.9. The van der Waals surface area contributed by atoms with Gasteiger partial charge in [-0.3, -0.25) is 9.69 Å². The molecule has 0 radical (unpaired) electrons. The Bertz CT molecular complexity index is 1260. The molecule has 3 heterocycles. The highest BCUT2D eigenvalue weighted by Crippen LogP contribution is 2.32. The molecule has 0 unspecified atom stereocenters. The molecule has 11 heteroatoms. The summed E-state index contributed by atoms with van der Waals surface area (Å²) in [5.41, 5.74) is 1.43. The van der Waals surface area contributed by atoms with Crippen LogP contribution in [0.25, 0.3) is 11.3 Å². The first-order valence-electron chi connectivity index (χ1n) is 11.6. The Labute approximate surface area is 207 Å². The molecule has 2 aromatic heterocycles. The standard InChI is InChI=1S/C25H27N5O6/c1-3-36-24(32)21-20(28-22(29-21)18-6-4-5-13-30(18)25(33)34)15-7-9-16(10-8-15)23(31)27-19-14-17(35-2)11-12-26-19/h7-12,14,18H,3-6,13H2,1-2H3,(H,28,29)(H,33,34)(H,26,27,31)/t18-/m0/s1. The maximum atomic E-state index is 12.7. The number of H-pyrrole nitrogens is 1. The normalized spacial score (nSPS) is 15.3. The zero-order valence-electron chi connectivity index (χ0n) is 20.0. The molecular weight excluding hydrogens is 466 g/mol. The molecule has 0 bridgehead atoms. The fraction of sp³-hybridized carbons (Fsp3) is 0.320. The van der Waals surface area contributed by atoms with Gasteiger partial charge >= 0.3 is 12.1 Å². The zero-order valence-corrected chi connectivity index (χ0v) is 20.0. The number of ether oxygens (including phenoxy) is 2. The number of methoxy groups -OCH3 is 1. The van der Waals surface area contributed by atoms with Crippen LogP contribution in [0.3, 0.4) is 0 Å². The maximum Gasteiger partial charge on any atom is 0.407 e. The van der Waals surface area contributed by atoms with Gasteiger partial charge in [-0.05, 0) is 44.4 Å². The largest absolute Gasteiger partial charge is 0.497 e. The van der Waals surface area contributed by atoms with E-state index in [2.05, 4.69) is 20.3 Å². The average Bonchev–Trinajstić information content (AvgIpc) is 3.34. The fourth-order valence-electron chi connectivity index (χ4n) is 4.13. The van der Waals surface area contributed by atoms with Crippen molar-refractivity contribution in [3.8, 4) is 17.0 Å². The van der Waals surface area contributed by atoms with Crippen molar-refractivity contribution in [2.75, 3.05) is 25.6 Å². The Morgan fingerprint density at radius 1 is 1.19 bits per heavy atom. The van der Waals surface area contributed by atoms with Crippen LogP contribution in [0.15, 0.2) is 42.6 Å². The molecule has 188 valence electrons. The first-order chi connectivity index (χ1) is 17.4. The number of nitrogens with zero attached hydrogens (tertiary/aromatic N) is 3. The van der Waals surface area contributed by atoms with Crippen LogP contribution in [0.2, 0.25) is 0 Å². The van der Waals surface area contributed by atoms with Crippen molar-refractivity contribution >= 4 is 23.8 Å². The zero-order chi connectivity index (χ0) is 25.7. The van der Waals surface area contributed by atoms with Gasteiger partial charge in [0.25, 0.3) is 5.91 Å². The van der Waals surface area contributed by atoms with E-state index in [4.69, 9.17) is 9.47 Å². The minimum absolute atomic E-state index is 0.139. The Balaban J connectivity index is 1.61. The molecule has 11 nitrogen and oxygen atoms in total. The van der Waals surface area contributed by atoms with Crippen LogP contribution in [0, 0.1) is 0 Å². The van der Waals surface area contributed by atoms with Gasteiger partial charge in [0.15, 0.2) is 5.69 Å². The van der Waals surface area contributed by atoms with Crippen LogP contribution in [0.5, 0.6) is 5.75 Å². The number of amides is 2. The van der Waals surface area contributed by atoms with E-state index in [0.29, 0.717) is 47.2 Å². The summed E-state index contributed by atoms with van der Waals surface area (Å²) < 4.78 is 10.3. The molecule has 3 N–H and O–H groups in total. The number of carbonyl (C=O) groups is 3. The van der Waals surface area contributed by atoms with Crippen LogP contribution in [0.1, 0.15) is 58.9 Å². The van der Waals surface area contributed by atoms with Crippen molar-refractivity contribution in [2.24, 2.45) is 0 Å². The molecular formula is C25H27N5O6. The maximum absolute atomic E-state index is 12.7. The lowest BCUT2D eigenvalue weighted by Gasteiger charge is -2.32. The highest BCUT2D eigenvalue weighted by Gasteiger charge is 2.32. The molecule has 0 saturated carbocycles. The number of piperidine rings is 1. The minimum Gasteiger partial charge on any atom is -0.497 e. The third kappa shape index (κ3) is 5.29. The van der Waals surface area contributed by atoms with Gasteiger partial charge in [-0.15, -0.1) is 0 Å². The fourth-order valence-corrected chi connectivity index (χ4v) is 4.13. The van der Waals surface area contributed by atoms with Crippen molar-refractivity contribution in [3.63, 3.8) is 0 Å². The van der Waals surface area contributed by atoms with Gasteiger partial charge < -0.3 is 24.9 Å². The molecule has 1 aromatic carbocycles. The first kappa shape index (κ1) is 24.7. The van der Waals surface area contributed by atoms with E-state index < -0.39 is 18.1 Å². The van der Waals surface area contributed by atoms with Crippen LogP contribution >= 0.6 is 0 Å². The number of nitrogens with one attached hydrogen (secondary N) is 2. The minimum atomic E-state index is -1.03. The summed E-state index contributed by atoms with van der Waals surface area (Å²) in [4.78, 5) is 50.2. The van der Waals surface area contributed by atoms with Crippen LogP contribution in [0.4, 0.5) is 10.6 Å². The van der Waals surface area contributed by atoms with Crippen molar-refractivity contribution in [3.05, 3.63) is 59.7 Å². The molecule has 1 atom stereocenters. The predicted octanol–water partition coefficient (Wildman–Crippen LogP) is 4.11. The summed E-state index contributed by atoms with van der Waals surface area (Å²) in [6, 6.07) is 9.36. The number of esters is 1. The predicted molar refractivity (Wildman–Crippen MR) is 130 cm³/mol. The van der Waals surface area contributed by atoms with E-state index >= 15 is 0 Å². The first-order valence-corrected chi connectivity index (χ1v) is 11.6. The van der Waals surface area contributed by atoms with Gasteiger partial charge in [-0.2, -0.15) is 0 Å². The van der Waals surface area contributed by atoms with E-state index in [0.717, 1.165) is 12.8 Å². The lowest BCUT2D eigenvalue weighted by molar-refractivity contribution is 0.0520. The quantitative estimate of drug-likeness (QED) is 0.417. The van der Waals surface area contributed by atoms with E-state index in [1.54, 1.807) is 43.3 Å². The van der Waals surface area contributed by atoms with Gasteiger partial charge in [0.05, 0.1) is 19.8 Å². The highest BCUT2D eigenvalue weighted by atomic mass is 16.5. The van der Waals surface area contributed by atoms with Gasteiger partial charge in [0.1, 0.15) is 23.1 Å². The molecule has 2 amide bonds. The molecule has 1 fully saturated rings.